The van der Waals surface area contributed by atoms with Gasteiger partial charge in [0.25, 0.3) is 0 Å². The summed E-state index contributed by atoms with van der Waals surface area (Å²) in [5, 5.41) is 0. The molecule has 1 heterocycles. The molecule has 4 rings (SSSR count). The zero-order valence-corrected chi connectivity index (χ0v) is 8.54. The average molecular weight is 198 g/mol. The normalized spacial score (nSPS) is 45.2. The molecule has 1 aromatic heterocycles. The minimum absolute atomic E-state index is 0.846. The molecule has 0 spiro atoms. The van der Waals surface area contributed by atoms with Gasteiger partial charge in [0.2, 0.25) is 0 Å². The van der Waals surface area contributed by atoms with Crippen molar-refractivity contribution in [2.75, 3.05) is 0 Å². The van der Waals surface area contributed by atoms with Crippen LogP contribution in [0.25, 0.3) is 6.08 Å². The van der Waals surface area contributed by atoms with Crippen molar-refractivity contribution >= 4 is 6.08 Å². The van der Waals surface area contributed by atoms with E-state index in [1.54, 1.807) is 6.26 Å². The van der Waals surface area contributed by atoms with Gasteiger partial charge in [-0.1, -0.05) is 24.3 Å². The first kappa shape index (κ1) is 7.98. The van der Waals surface area contributed by atoms with Crippen LogP contribution in [0.1, 0.15) is 12.0 Å². The Kier molecular flexibility index (Phi) is 1.41. The van der Waals surface area contributed by atoms with Crippen molar-refractivity contribution in [2.45, 2.75) is 6.42 Å². The van der Waals surface area contributed by atoms with Crippen LogP contribution in [-0.4, -0.2) is 0 Å². The first-order valence-electron chi connectivity index (χ1n) is 5.82. The summed E-state index contributed by atoms with van der Waals surface area (Å²) in [5.41, 5.74) is 1.19. The molecule has 2 bridgehead atoms. The Bertz CT molecular complexity index is 408. The molecular formula is C14H14O. The predicted octanol–water partition coefficient (Wildman–Crippen LogP) is 3.36. The fourth-order valence-corrected chi connectivity index (χ4v) is 3.70. The minimum Gasteiger partial charge on any atom is -0.472 e. The van der Waals surface area contributed by atoms with E-state index in [-0.39, 0.29) is 0 Å². The number of allylic oxidation sites excluding steroid dienone is 3. The zero-order chi connectivity index (χ0) is 9.83. The molecule has 0 amide bonds. The molecule has 1 nitrogen and oxygen atoms in total. The Balaban J connectivity index is 1.51. The monoisotopic (exact) mass is 198 g/mol. The molecule has 0 N–H and O–H groups in total. The maximum Gasteiger partial charge on any atom is 0.0974 e. The van der Waals surface area contributed by atoms with Gasteiger partial charge < -0.3 is 4.42 Å². The van der Waals surface area contributed by atoms with E-state index in [1.165, 1.54) is 12.0 Å². The molecule has 1 aromatic rings. The summed E-state index contributed by atoms with van der Waals surface area (Å²) in [5.74, 6) is 4.60. The summed E-state index contributed by atoms with van der Waals surface area (Å²) >= 11 is 0. The van der Waals surface area contributed by atoms with Gasteiger partial charge in [-0.3, -0.25) is 0 Å². The van der Waals surface area contributed by atoms with Gasteiger partial charge >= 0.3 is 0 Å². The first-order valence-corrected chi connectivity index (χ1v) is 5.82. The maximum atomic E-state index is 5.05. The SMILES string of the molecule is C1=C[C@H]2C[C@@H]1[C@@H]1C(/C=C/c3ccoc3)[C@@H]12. The second-order valence-electron chi connectivity index (χ2n) is 5.10. The van der Waals surface area contributed by atoms with Crippen LogP contribution in [0.2, 0.25) is 0 Å². The summed E-state index contributed by atoms with van der Waals surface area (Å²) in [6.45, 7) is 0. The molecule has 2 fully saturated rings. The molecule has 1 unspecified atom stereocenters. The third kappa shape index (κ3) is 1.04. The summed E-state index contributed by atoms with van der Waals surface area (Å²) in [7, 11) is 0. The van der Waals surface area contributed by atoms with Crippen molar-refractivity contribution in [1.29, 1.82) is 0 Å². The third-order valence-electron chi connectivity index (χ3n) is 4.39. The highest BCUT2D eigenvalue weighted by molar-refractivity contribution is 5.49. The van der Waals surface area contributed by atoms with Crippen LogP contribution in [0.4, 0.5) is 0 Å². The Hall–Kier alpha value is -1.24. The van der Waals surface area contributed by atoms with E-state index in [2.05, 4.69) is 24.3 Å². The Morgan fingerprint density at radius 1 is 1.20 bits per heavy atom. The Morgan fingerprint density at radius 2 is 2.00 bits per heavy atom. The molecule has 0 aliphatic heterocycles. The smallest absolute Gasteiger partial charge is 0.0974 e. The maximum absolute atomic E-state index is 5.05. The number of hydrogen-bond acceptors (Lipinski definition) is 1. The van der Waals surface area contributed by atoms with Gasteiger partial charge in [-0.15, -0.1) is 0 Å². The lowest BCUT2D eigenvalue weighted by atomic mass is 10.0. The van der Waals surface area contributed by atoms with Gasteiger partial charge in [-0.25, -0.2) is 0 Å². The fraction of sp³-hybridized carbons (Fsp3) is 0.429. The predicted molar refractivity (Wildman–Crippen MR) is 58.9 cm³/mol. The van der Waals surface area contributed by atoms with Gasteiger partial charge in [0.15, 0.2) is 0 Å². The van der Waals surface area contributed by atoms with Gasteiger partial charge in [-0.05, 0) is 42.1 Å². The molecule has 3 aliphatic rings. The molecule has 5 atom stereocenters. The molecule has 0 aromatic carbocycles. The molecule has 1 heteroatoms. The van der Waals surface area contributed by atoms with Crippen LogP contribution in [0.15, 0.2) is 41.2 Å². The lowest BCUT2D eigenvalue weighted by Crippen LogP contribution is -1.96. The molecule has 0 saturated heterocycles. The van der Waals surface area contributed by atoms with Crippen molar-refractivity contribution in [3.05, 3.63) is 42.4 Å². The summed E-state index contributed by atoms with van der Waals surface area (Å²) in [6, 6.07) is 2.02. The quantitative estimate of drug-likeness (QED) is 0.664. The van der Waals surface area contributed by atoms with Crippen LogP contribution in [0, 0.1) is 29.6 Å². The van der Waals surface area contributed by atoms with Gasteiger partial charge in [0.1, 0.15) is 0 Å². The van der Waals surface area contributed by atoms with Crippen LogP contribution in [0.5, 0.6) is 0 Å². The molecule has 76 valence electrons. The van der Waals surface area contributed by atoms with Crippen molar-refractivity contribution in [2.24, 2.45) is 29.6 Å². The number of rotatable bonds is 2. The van der Waals surface area contributed by atoms with E-state index in [9.17, 15) is 0 Å². The van der Waals surface area contributed by atoms with E-state index in [1.807, 2.05) is 12.3 Å². The summed E-state index contributed by atoms with van der Waals surface area (Å²) in [4.78, 5) is 0. The lowest BCUT2D eigenvalue weighted by Gasteiger charge is -2.04. The highest BCUT2D eigenvalue weighted by Crippen LogP contribution is 2.67. The van der Waals surface area contributed by atoms with Crippen LogP contribution in [-0.2, 0) is 0 Å². The van der Waals surface area contributed by atoms with Crippen LogP contribution >= 0.6 is 0 Å². The molecular weight excluding hydrogens is 184 g/mol. The summed E-state index contributed by atoms with van der Waals surface area (Å²) in [6.07, 6.45) is 14.5. The second-order valence-corrected chi connectivity index (χ2v) is 5.10. The molecule has 3 aliphatic carbocycles. The Morgan fingerprint density at radius 3 is 2.67 bits per heavy atom. The van der Waals surface area contributed by atoms with Crippen molar-refractivity contribution < 1.29 is 4.42 Å². The summed E-state index contributed by atoms with van der Waals surface area (Å²) < 4.78 is 5.05. The lowest BCUT2D eigenvalue weighted by molar-refractivity contribution is 0.530. The first-order chi connectivity index (χ1) is 7.43. The van der Waals surface area contributed by atoms with Gasteiger partial charge in [0.05, 0.1) is 12.5 Å². The highest BCUT2D eigenvalue weighted by Gasteiger charge is 2.61. The molecule has 2 saturated carbocycles. The van der Waals surface area contributed by atoms with Crippen molar-refractivity contribution in [3.63, 3.8) is 0 Å². The van der Waals surface area contributed by atoms with E-state index < -0.39 is 0 Å². The van der Waals surface area contributed by atoms with Gasteiger partial charge in [0, 0.05) is 5.56 Å². The fourth-order valence-electron chi connectivity index (χ4n) is 3.70. The minimum atomic E-state index is 0.846. The van der Waals surface area contributed by atoms with E-state index in [4.69, 9.17) is 4.42 Å². The van der Waals surface area contributed by atoms with Crippen molar-refractivity contribution in [1.82, 2.24) is 0 Å². The largest absolute Gasteiger partial charge is 0.472 e. The zero-order valence-electron chi connectivity index (χ0n) is 8.54. The molecule has 0 radical (unpaired) electrons. The average Bonchev–Trinajstić information content (AvgIpc) is 2.72. The number of hydrogen-bond donors (Lipinski definition) is 0. The van der Waals surface area contributed by atoms with Crippen LogP contribution < -0.4 is 0 Å². The number of furan rings is 1. The second kappa shape index (κ2) is 2.66. The third-order valence-corrected chi connectivity index (χ3v) is 4.39. The highest BCUT2D eigenvalue weighted by atomic mass is 16.3. The van der Waals surface area contributed by atoms with E-state index in [0.717, 1.165) is 29.6 Å². The van der Waals surface area contributed by atoms with Gasteiger partial charge in [-0.2, -0.15) is 0 Å². The molecule has 15 heavy (non-hydrogen) atoms. The topological polar surface area (TPSA) is 13.1 Å². The van der Waals surface area contributed by atoms with E-state index in [0.29, 0.717) is 0 Å². The van der Waals surface area contributed by atoms with Crippen LogP contribution in [0.3, 0.4) is 0 Å². The van der Waals surface area contributed by atoms with Crippen molar-refractivity contribution in [3.8, 4) is 0 Å². The number of fused-ring (bicyclic) bond motifs is 5. The Labute approximate surface area is 89.5 Å². The van der Waals surface area contributed by atoms with E-state index >= 15 is 0 Å². The standard InChI is InChI=1S/C14H14O/c1(9-5-6-15-8-9)4-12-13-10-2-3-11(7-10)14(12)13/h1-6,8,10-14H,7H2/b4-1+/t10-,11+,12?,13-,14+.